The molecule has 0 spiro atoms. The van der Waals surface area contributed by atoms with Gasteiger partial charge in [-0.1, -0.05) is 0 Å². The van der Waals surface area contributed by atoms with Gasteiger partial charge in [-0.05, 0) is 0 Å². The topological polar surface area (TPSA) is 173 Å². The van der Waals surface area contributed by atoms with Crippen molar-refractivity contribution in [3.8, 4) is 0 Å². The number of carboxylic acid groups (broad SMARTS) is 4. The van der Waals surface area contributed by atoms with Crippen LogP contribution in [-0.4, -0.2) is 90.5 Å². The van der Waals surface area contributed by atoms with Gasteiger partial charge in [0.1, 0.15) is 0 Å². The number of aliphatic hydroxyl groups excluding tert-OH is 2. The van der Waals surface area contributed by atoms with Crippen LogP contribution in [0, 0.1) is 0 Å². The number of aliphatic carboxylic acids is 2. The van der Waals surface area contributed by atoms with Crippen molar-refractivity contribution in [1.82, 2.24) is 0 Å². The average molecular weight is 236 g/mol. The molecule has 10 heteroatoms. The second kappa shape index (κ2) is 9.68. The number of hydrogen-bond acceptors (Lipinski definition) is 5. The summed E-state index contributed by atoms with van der Waals surface area (Å²) in [4.78, 5) is 28.1. The minimum absolute atomic E-state index is 0. The van der Waals surface area contributed by atoms with E-state index < -0.39 is 30.3 Å². The van der Waals surface area contributed by atoms with Gasteiger partial charge in [0.25, 0.3) is 0 Å². The molecule has 0 saturated heterocycles. The maximum atomic E-state index is 9.77. The Kier molecular flexibility index (Phi) is 12.7. The van der Waals surface area contributed by atoms with E-state index in [2.05, 4.69) is 0 Å². The summed E-state index contributed by atoms with van der Waals surface area (Å²) in [6.07, 6.45) is -6.37. The summed E-state index contributed by atoms with van der Waals surface area (Å²) in [5.74, 6) is -3.54. The van der Waals surface area contributed by atoms with Gasteiger partial charge in [-0.2, -0.15) is 0 Å². The molecular weight excluding hydrogens is 227 g/mol. The van der Waals surface area contributed by atoms with Crippen molar-refractivity contribution < 1.29 is 45.0 Å². The Labute approximate surface area is 105 Å². The summed E-state index contributed by atoms with van der Waals surface area (Å²) in [6.45, 7) is 0. The van der Waals surface area contributed by atoms with Crippen molar-refractivity contribution in [3.05, 3.63) is 0 Å². The van der Waals surface area contributed by atoms with Crippen molar-refractivity contribution in [2.24, 2.45) is 0 Å². The summed E-state index contributed by atoms with van der Waals surface area (Å²) in [5.41, 5.74) is 0. The van der Waals surface area contributed by atoms with Crippen LogP contribution in [0.15, 0.2) is 0 Å². The molecule has 0 aromatic rings. The molecule has 0 heterocycles. The monoisotopic (exact) mass is 236 g/mol. The quantitative estimate of drug-likeness (QED) is 0.288. The first-order chi connectivity index (χ1) is 6.20. The van der Waals surface area contributed by atoms with Crippen LogP contribution >= 0.6 is 0 Å². The van der Waals surface area contributed by atoms with Gasteiger partial charge in [-0.25, -0.2) is 14.4 Å². The fourth-order valence-corrected chi connectivity index (χ4v) is 0.270. The fourth-order valence-electron chi connectivity index (χ4n) is 0.270. The first-order valence-electron chi connectivity index (χ1n) is 2.93. The van der Waals surface area contributed by atoms with Crippen LogP contribution in [0.1, 0.15) is 0 Å². The average Bonchev–Trinajstić information content (AvgIpc) is 2.00. The molecule has 2 unspecified atom stereocenters. The molecule has 9 nitrogen and oxygen atoms in total. The molecule has 15 heavy (non-hydrogen) atoms. The predicted molar refractivity (Wildman–Crippen MR) is 45.1 cm³/mol. The first-order valence-corrected chi connectivity index (χ1v) is 2.93. The number of aliphatic hydroxyl groups is 2. The summed E-state index contributed by atoms with van der Waals surface area (Å²) < 4.78 is 0. The Morgan fingerprint density at radius 2 is 0.867 bits per heavy atom. The van der Waals surface area contributed by atoms with Gasteiger partial charge in [0.05, 0.1) is 0 Å². The molecule has 0 aromatic carbocycles. The van der Waals surface area contributed by atoms with E-state index in [9.17, 15) is 9.59 Å². The van der Waals surface area contributed by atoms with Crippen LogP contribution in [0.5, 0.6) is 0 Å². The van der Waals surface area contributed by atoms with Crippen LogP contribution < -0.4 is 0 Å². The molecule has 0 aliphatic rings. The van der Waals surface area contributed by atoms with E-state index in [1.54, 1.807) is 0 Å². The Balaban J connectivity index is -0.000000249. The standard InChI is InChI=1S/C4H6O6.CH2O3.Na.H/c5-1(3(7)8)2(6)4(9)10;2-1(3)4;;/h1-2,5-6H,(H,7,8)(H,9,10);(H2,2,3,4);;. The van der Waals surface area contributed by atoms with Crippen molar-refractivity contribution >= 4 is 47.7 Å². The van der Waals surface area contributed by atoms with Gasteiger partial charge >= 0.3 is 47.7 Å². The van der Waals surface area contributed by atoms with Crippen LogP contribution in [0.4, 0.5) is 4.79 Å². The van der Waals surface area contributed by atoms with E-state index in [1.165, 1.54) is 0 Å². The van der Waals surface area contributed by atoms with Crippen LogP contribution in [0.25, 0.3) is 0 Å². The van der Waals surface area contributed by atoms with Crippen LogP contribution in [0.3, 0.4) is 0 Å². The molecule has 84 valence electrons. The summed E-state index contributed by atoms with van der Waals surface area (Å²) >= 11 is 0. The van der Waals surface area contributed by atoms with E-state index in [1.807, 2.05) is 0 Å². The fraction of sp³-hybridized carbons (Fsp3) is 0.400. The minimum atomic E-state index is -2.27. The van der Waals surface area contributed by atoms with Gasteiger partial charge in [0.15, 0.2) is 12.2 Å². The maximum absolute atomic E-state index is 9.77. The van der Waals surface area contributed by atoms with E-state index in [0.717, 1.165) is 0 Å². The molecule has 0 bridgehead atoms. The predicted octanol–water partition coefficient (Wildman–Crippen LogP) is -2.55. The first kappa shape index (κ1) is 19.7. The Bertz CT molecular complexity index is 205. The molecule has 2 atom stereocenters. The molecule has 0 radical (unpaired) electrons. The summed E-state index contributed by atoms with van der Waals surface area (Å²) in [6, 6.07) is 0. The van der Waals surface area contributed by atoms with Gasteiger partial charge < -0.3 is 30.6 Å². The molecule has 0 amide bonds. The molecule has 0 fully saturated rings. The van der Waals surface area contributed by atoms with Crippen molar-refractivity contribution in [1.29, 1.82) is 0 Å². The van der Waals surface area contributed by atoms with Gasteiger partial charge in [-0.15, -0.1) is 0 Å². The van der Waals surface area contributed by atoms with Gasteiger partial charge in [-0.3, -0.25) is 0 Å². The third kappa shape index (κ3) is 13.1. The Morgan fingerprint density at radius 3 is 0.933 bits per heavy atom. The molecule has 0 aromatic heterocycles. The summed E-state index contributed by atoms with van der Waals surface area (Å²) in [5, 5.41) is 46.5. The molecule has 0 aliphatic heterocycles. The van der Waals surface area contributed by atoms with E-state index in [0.29, 0.717) is 0 Å². The second-order valence-corrected chi connectivity index (χ2v) is 1.85. The zero-order chi connectivity index (χ0) is 11.9. The molecule has 6 N–H and O–H groups in total. The van der Waals surface area contributed by atoms with E-state index in [4.69, 9.17) is 35.4 Å². The molecule has 0 aliphatic carbocycles. The third-order valence-corrected chi connectivity index (χ3v) is 0.805. The number of carboxylic acids is 2. The third-order valence-electron chi connectivity index (χ3n) is 0.805. The molecular formula is C5H9NaO9. The van der Waals surface area contributed by atoms with Gasteiger partial charge in [0.2, 0.25) is 0 Å². The van der Waals surface area contributed by atoms with Crippen molar-refractivity contribution in [2.75, 3.05) is 0 Å². The normalized spacial score (nSPS) is 12.1. The summed E-state index contributed by atoms with van der Waals surface area (Å²) in [7, 11) is 0. The Morgan fingerprint density at radius 1 is 0.733 bits per heavy atom. The van der Waals surface area contributed by atoms with Crippen LogP contribution in [-0.2, 0) is 9.59 Å². The van der Waals surface area contributed by atoms with E-state index >= 15 is 0 Å². The zero-order valence-corrected chi connectivity index (χ0v) is 6.56. The van der Waals surface area contributed by atoms with Crippen molar-refractivity contribution in [2.45, 2.75) is 12.2 Å². The van der Waals surface area contributed by atoms with E-state index in [-0.39, 0.29) is 29.6 Å². The van der Waals surface area contributed by atoms with Gasteiger partial charge in [0, 0.05) is 0 Å². The molecule has 0 rings (SSSR count). The zero-order valence-electron chi connectivity index (χ0n) is 6.56. The number of carbonyl (C=O) groups is 3. The number of hydrogen-bond donors (Lipinski definition) is 6. The second-order valence-electron chi connectivity index (χ2n) is 1.85. The van der Waals surface area contributed by atoms with Crippen LogP contribution in [0.2, 0.25) is 0 Å². The Hall–Kier alpha value is -0.870. The number of rotatable bonds is 3. The SMILES string of the molecule is O=C(O)C(O)C(O)C(=O)O.O=C(O)O.[NaH]. The molecule has 0 saturated carbocycles. The van der Waals surface area contributed by atoms with Crippen molar-refractivity contribution in [3.63, 3.8) is 0 Å².